The fourth-order valence-electron chi connectivity index (χ4n) is 4.77. The van der Waals surface area contributed by atoms with E-state index in [1.165, 1.54) is 4.88 Å². The number of rotatable bonds is 5. The topological polar surface area (TPSA) is 112 Å². The predicted molar refractivity (Wildman–Crippen MR) is 131 cm³/mol. The molecule has 0 saturated carbocycles. The zero-order valence-corrected chi connectivity index (χ0v) is 19.5. The zero-order chi connectivity index (χ0) is 22.3. The summed E-state index contributed by atoms with van der Waals surface area (Å²) in [5.74, 6) is 0.649. The maximum atomic E-state index is 12.3. The molecular weight excluding hydrogens is 446 g/mol. The molecule has 32 heavy (non-hydrogen) atoms. The van der Waals surface area contributed by atoms with Crippen molar-refractivity contribution in [1.29, 1.82) is 0 Å². The first-order valence-electron chi connectivity index (χ1n) is 11.0. The summed E-state index contributed by atoms with van der Waals surface area (Å²) in [6, 6.07) is 6.22. The molecule has 2 aliphatic rings. The van der Waals surface area contributed by atoms with E-state index in [0.29, 0.717) is 17.1 Å². The van der Waals surface area contributed by atoms with Crippen LogP contribution in [-0.4, -0.2) is 62.7 Å². The van der Waals surface area contributed by atoms with Crippen LogP contribution < -0.4 is 5.73 Å². The van der Waals surface area contributed by atoms with Crippen LogP contribution in [0.2, 0.25) is 0 Å². The third kappa shape index (κ3) is 4.46. The third-order valence-corrected chi connectivity index (χ3v) is 9.28. The standard InChI is InChI=1S/C23H29N3O4S2/c24-23(27)20-11-16(17-9-18(31-14-17)13-26-3-5-30-6-4-26)10-19-21(12-25-22(19)20)15-1-7-32(28,29)8-2-15/h9-12,14-15,25,28-29H,1-8,13H2,(H2,24,27). The molecule has 9 heteroatoms. The van der Waals surface area contributed by atoms with Crippen LogP contribution in [0.25, 0.3) is 22.0 Å². The molecule has 0 spiro atoms. The number of fused-ring (bicyclic) bond motifs is 1. The lowest BCUT2D eigenvalue weighted by Gasteiger charge is -2.39. The molecule has 0 bridgehead atoms. The van der Waals surface area contributed by atoms with Crippen molar-refractivity contribution in [2.75, 3.05) is 37.8 Å². The first-order valence-corrected chi connectivity index (χ1v) is 13.7. The van der Waals surface area contributed by atoms with Gasteiger partial charge in [-0.05, 0) is 59.0 Å². The van der Waals surface area contributed by atoms with Gasteiger partial charge in [0.2, 0.25) is 0 Å². The van der Waals surface area contributed by atoms with E-state index in [2.05, 4.69) is 27.4 Å². The van der Waals surface area contributed by atoms with Crippen molar-refractivity contribution in [2.24, 2.45) is 5.73 Å². The predicted octanol–water partition coefficient (Wildman–Crippen LogP) is 4.46. The Balaban J connectivity index is 1.48. The number of morpholine rings is 1. The SMILES string of the molecule is NC(=O)c1cc(-c2csc(CN3CCOCC3)c2)cc2c(C3CCS(O)(O)CC3)c[nH]c12. The van der Waals surface area contributed by atoms with Gasteiger partial charge in [-0.25, -0.2) is 0 Å². The lowest BCUT2D eigenvalue weighted by Crippen LogP contribution is -2.35. The van der Waals surface area contributed by atoms with Crippen LogP contribution in [0.3, 0.4) is 0 Å². The fourth-order valence-corrected chi connectivity index (χ4v) is 7.23. The molecule has 3 aromatic rings. The number of carbonyl (C=O) groups excluding carboxylic acids is 1. The molecule has 2 aliphatic heterocycles. The van der Waals surface area contributed by atoms with Crippen LogP contribution in [0.4, 0.5) is 0 Å². The number of thiophene rings is 1. The number of carbonyl (C=O) groups is 1. The molecule has 2 fully saturated rings. The number of primary amides is 1. The van der Waals surface area contributed by atoms with Gasteiger partial charge >= 0.3 is 0 Å². The number of H-pyrrole nitrogens is 1. The molecule has 172 valence electrons. The molecular formula is C23H29N3O4S2. The number of hydrogen-bond donors (Lipinski definition) is 4. The number of nitrogens with zero attached hydrogens (tertiary/aromatic N) is 1. The summed E-state index contributed by atoms with van der Waals surface area (Å²) in [7, 11) is -2.44. The molecule has 7 nitrogen and oxygen atoms in total. The lowest BCUT2D eigenvalue weighted by molar-refractivity contribution is 0.0346. The van der Waals surface area contributed by atoms with Gasteiger partial charge in [0, 0.05) is 47.6 Å². The summed E-state index contributed by atoms with van der Waals surface area (Å²) in [6.07, 6.45) is 3.42. The second-order valence-electron chi connectivity index (χ2n) is 8.73. The molecule has 4 heterocycles. The summed E-state index contributed by atoms with van der Waals surface area (Å²) in [5, 5.41) is 3.14. The molecule has 0 radical (unpaired) electrons. The number of nitrogens with one attached hydrogen (secondary N) is 1. The smallest absolute Gasteiger partial charge is 0.250 e. The quantitative estimate of drug-likeness (QED) is 0.435. The van der Waals surface area contributed by atoms with E-state index >= 15 is 0 Å². The summed E-state index contributed by atoms with van der Waals surface area (Å²) in [5.41, 5.74) is 10.2. The average molecular weight is 476 g/mol. The molecule has 1 aromatic carbocycles. The van der Waals surface area contributed by atoms with Gasteiger partial charge in [-0.15, -0.1) is 11.3 Å². The van der Waals surface area contributed by atoms with E-state index in [-0.39, 0.29) is 5.92 Å². The molecule has 1 amide bonds. The fraction of sp³-hybridized carbons (Fsp3) is 0.435. The highest BCUT2D eigenvalue weighted by molar-refractivity contribution is 8.24. The zero-order valence-electron chi connectivity index (χ0n) is 17.9. The Bertz CT molecular complexity index is 1120. The maximum absolute atomic E-state index is 12.3. The van der Waals surface area contributed by atoms with Gasteiger partial charge < -0.3 is 15.5 Å². The summed E-state index contributed by atoms with van der Waals surface area (Å²) in [4.78, 5) is 19.2. The Morgan fingerprint density at radius 3 is 2.66 bits per heavy atom. The maximum Gasteiger partial charge on any atom is 0.250 e. The largest absolute Gasteiger partial charge is 0.379 e. The van der Waals surface area contributed by atoms with Crippen molar-refractivity contribution < 1.29 is 18.6 Å². The van der Waals surface area contributed by atoms with Crippen molar-refractivity contribution >= 4 is 38.7 Å². The number of nitrogens with two attached hydrogens (primary N) is 1. The third-order valence-electron chi connectivity index (χ3n) is 6.58. The summed E-state index contributed by atoms with van der Waals surface area (Å²) >= 11 is 1.73. The Morgan fingerprint density at radius 1 is 1.19 bits per heavy atom. The Kier molecular flexibility index (Phi) is 6.04. The van der Waals surface area contributed by atoms with Gasteiger partial charge in [-0.3, -0.25) is 18.8 Å². The first kappa shape index (κ1) is 21.9. The molecule has 0 unspecified atom stereocenters. The van der Waals surface area contributed by atoms with E-state index in [0.717, 1.165) is 73.3 Å². The van der Waals surface area contributed by atoms with E-state index in [4.69, 9.17) is 10.5 Å². The van der Waals surface area contributed by atoms with Crippen LogP contribution >= 0.6 is 21.9 Å². The van der Waals surface area contributed by atoms with Crippen LogP contribution in [-0.2, 0) is 11.3 Å². The van der Waals surface area contributed by atoms with Gasteiger partial charge in [0.15, 0.2) is 0 Å². The number of aromatic amines is 1. The molecule has 2 aromatic heterocycles. The van der Waals surface area contributed by atoms with Gasteiger partial charge in [0.25, 0.3) is 5.91 Å². The molecule has 5 N–H and O–H groups in total. The van der Waals surface area contributed by atoms with E-state index in [1.54, 1.807) is 11.3 Å². The van der Waals surface area contributed by atoms with Crippen LogP contribution in [0.1, 0.15) is 39.6 Å². The van der Waals surface area contributed by atoms with Crippen LogP contribution in [0, 0.1) is 0 Å². The monoisotopic (exact) mass is 475 g/mol. The number of ether oxygens (including phenoxy) is 1. The van der Waals surface area contributed by atoms with Crippen molar-refractivity contribution in [3.05, 3.63) is 45.8 Å². The minimum Gasteiger partial charge on any atom is -0.379 e. The van der Waals surface area contributed by atoms with Gasteiger partial charge in [0.1, 0.15) is 0 Å². The normalized spacial score (nSPS) is 21.1. The Labute approximate surface area is 192 Å². The van der Waals surface area contributed by atoms with Gasteiger partial charge in [-0.1, -0.05) is 0 Å². The molecule has 2 saturated heterocycles. The average Bonchev–Trinajstić information content (AvgIpc) is 3.41. The van der Waals surface area contributed by atoms with Crippen molar-refractivity contribution in [3.63, 3.8) is 0 Å². The lowest BCUT2D eigenvalue weighted by atomic mass is 9.91. The molecule has 0 aliphatic carbocycles. The highest BCUT2D eigenvalue weighted by Gasteiger charge is 2.27. The number of aromatic nitrogens is 1. The van der Waals surface area contributed by atoms with E-state index in [9.17, 15) is 13.9 Å². The minimum atomic E-state index is -2.44. The summed E-state index contributed by atoms with van der Waals surface area (Å²) in [6.45, 7) is 4.36. The second-order valence-corrected chi connectivity index (χ2v) is 12.1. The minimum absolute atomic E-state index is 0.235. The van der Waals surface area contributed by atoms with Crippen molar-refractivity contribution in [2.45, 2.75) is 25.3 Å². The molecule has 0 atom stereocenters. The highest BCUT2D eigenvalue weighted by atomic mass is 32.3. The summed E-state index contributed by atoms with van der Waals surface area (Å²) < 4.78 is 25.4. The van der Waals surface area contributed by atoms with E-state index in [1.807, 2.05) is 12.3 Å². The molecule has 5 rings (SSSR count). The Hall–Kier alpha value is -1.88. The number of amides is 1. The second kappa shape index (κ2) is 8.81. The first-order chi connectivity index (χ1) is 15.4. The van der Waals surface area contributed by atoms with E-state index < -0.39 is 16.5 Å². The number of hydrogen-bond acceptors (Lipinski definition) is 6. The van der Waals surface area contributed by atoms with Gasteiger partial charge in [-0.2, -0.15) is 10.6 Å². The van der Waals surface area contributed by atoms with Crippen LogP contribution in [0.15, 0.2) is 29.8 Å². The van der Waals surface area contributed by atoms with Crippen LogP contribution in [0.5, 0.6) is 0 Å². The van der Waals surface area contributed by atoms with Crippen molar-refractivity contribution in [3.8, 4) is 11.1 Å². The van der Waals surface area contributed by atoms with Gasteiger partial charge in [0.05, 0.1) is 24.3 Å². The number of benzene rings is 1. The van der Waals surface area contributed by atoms with Crippen molar-refractivity contribution in [1.82, 2.24) is 9.88 Å². The Morgan fingerprint density at radius 2 is 1.94 bits per heavy atom. The highest BCUT2D eigenvalue weighted by Crippen LogP contribution is 2.49.